The van der Waals surface area contributed by atoms with Crippen LogP contribution in [0, 0.1) is 0 Å². The highest BCUT2D eigenvalue weighted by Crippen LogP contribution is 2.32. The number of alkyl halides is 1. The fraction of sp³-hybridized carbons (Fsp3) is 0.667. The number of aromatic nitrogens is 3. The van der Waals surface area contributed by atoms with Crippen LogP contribution in [0.5, 0.6) is 0 Å². The summed E-state index contributed by atoms with van der Waals surface area (Å²) in [6.45, 7) is 0. The first-order chi connectivity index (χ1) is 7.15. The maximum absolute atomic E-state index is 11.7. The summed E-state index contributed by atoms with van der Waals surface area (Å²) in [7, 11) is 1.73. The quantitative estimate of drug-likeness (QED) is 0.775. The number of nitrogens with zero attached hydrogens (tertiary/aromatic N) is 3. The molecule has 15 heavy (non-hydrogen) atoms. The van der Waals surface area contributed by atoms with Gasteiger partial charge in [0.05, 0.1) is 11.7 Å². The van der Waals surface area contributed by atoms with Crippen LogP contribution in [0.15, 0.2) is 6.20 Å². The number of hydrogen-bond acceptors (Lipinski definition) is 3. The van der Waals surface area contributed by atoms with Crippen LogP contribution in [0.4, 0.5) is 0 Å². The lowest BCUT2D eigenvalue weighted by atomic mass is 9.78. The predicted molar refractivity (Wildman–Crippen MR) is 55.8 cm³/mol. The first-order valence-electron chi connectivity index (χ1n) is 4.90. The van der Waals surface area contributed by atoms with E-state index in [4.69, 9.17) is 11.6 Å². The zero-order chi connectivity index (χ0) is 10.9. The Morgan fingerprint density at radius 1 is 1.73 bits per heavy atom. The van der Waals surface area contributed by atoms with Crippen LogP contribution in [0.1, 0.15) is 29.8 Å². The predicted octanol–water partition coefficient (Wildman–Crippen LogP) is 0.706. The molecule has 0 spiro atoms. The minimum Gasteiger partial charge on any atom is -0.344 e. The van der Waals surface area contributed by atoms with Crippen molar-refractivity contribution in [1.82, 2.24) is 20.3 Å². The van der Waals surface area contributed by atoms with Gasteiger partial charge in [-0.1, -0.05) is 5.21 Å². The molecule has 1 fully saturated rings. The molecule has 2 rings (SSSR count). The van der Waals surface area contributed by atoms with E-state index in [0.29, 0.717) is 11.6 Å². The van der Waals surface area contributed by atoms with Crippen LogP contribution >= 0.6 is 11.6 Å². The van der Waals surface area contributed by atoms with Crippen molar-refractivity contribution in [3.05, 3.63) is 11.9 Å². The van der Waals surface area contributed by atoms with Crippen molar-refractivity contribution in [2.45, 2.75) is 24.8 Å². The molecule has 0 aliphatic heterocycles. The van der Waals surface area contributed by atoms with Crippen LogP contribution in [-0.4, -0.2) is 32.3 Å². The molecular formula is C9H13ClN4O. The maximum atomic E-state index is 11.7. The molecule has 1 saturated carbocycles. The van der Waals surface area contributed by atoms with Gasteiger partial charge in [-0.15, -0.1) is 16.7 Å². The largest absolute Gasteiger partial charge is 0.344 e. The normalized spacial score (nSPS) is 18.3. The number of nitrogens with one attached hydrogen (secondary N) is 1. The van der Waals surface area contributed by atoms with Gasteiger partial charge < -0.3 is 5.32 Å². The Balaban J connectivity index is 2.03. The van der Waals surface area contributed by atoms with E-state index < -0.39 is 0 Å². The average Bonchev–Trinajstić information content (AvgIpc) is 2.58. The average molecular weight is 229 g/mol. The highest BCUT2D eigenvalue weighted by Gasteiger charge is 2.38. The van der Waals surface area contributed by atoms with E-state index in [1.165, 1.54) is 4.68 Å². The summed E-state index contributed by atoms with van der Waals surface area (Å²) in [6.07, 6.45) is 4.61. The second-order valence-corrected chi connectivity index (χ2v) is 4.27. The van der Waals surface area contributed by atoms with Crippen molar-refractivity contribution in [3.8, 4) is 0 Å². The van der Waals surface area contributed by atoms with Crippen molar-refractivity contribution in [3.63, 3.8) is 0 Å². The molecule has 1 aromatic rings. The Hall–Kier alpha value is -1.10. The highest BCUT2D eigenvalue weighted by atomic mass is 35.5. The lowest BCUT2D eigenvalue weighted by Crippen LogP contribution is -2.55. The van der Waals surface area contributed by atoms with E-state index in [0.717, 1.165) is 19.3 Å². The van der Waals surface area contributed by atoms with Gasteiger partial charge in [-0.3, -0.25) is 9.48 Å². The SMILES string of the molecule is Cn1cc(C(=O)NC2(CCl)CCC2)nn1. The molecule has 0 aromatic carbocycles. The number of rotatable bonds is 3. The van der Waals surface area contributed by atoms with Crippen LogP contribution < -0.4 is 5.32 Å². The van der Waals surface area contributed by atoms with Gasteiger partial charge in [0.25, 0.3) is 5.91 Å². The van der Waals surface area contributed by atoms with E-state index in [9.17, 15) is 4.79 Å². The van der Waals surface area contributed by atoms with Gasteiger partial charge in [0.1, 0.15) is 0 Å². The van der Waals surface area contributed by atoms with Crippen molar-refractivity contribution >= 4 is 17.5 Å². The Morgan fingerprint density at radius 3 is 2.87 bits per heavy atom. The first-order valence-corrected chi connectivity index (χ1v) is 5.43. The molecule has 1 aromatic heterocycles. The molecule has 1 amide bonds. The summed E-state index contributed by atoms with van der Waals surface area (Å²) in [5.41, 5.74) is 0.129. The summed E-state index contributed by atoms with van der Waals surface area (Å²) in [5.74, 6) is 0.266. The van der Waals surface area contributed by atoms with Gasteiger partial charge >= 0.3 is 0 Å². The lowest BCUT2D eigenvalue weighted by molar-refractivity contribution is 0.0848. The summed E-state index contributed by atoms with van der Waals surface area (Å²) in [5, 5.41) is 10.4. The van der Waals surface area contributed by atoms with Gasteiger partial charge in [0, 0.05) is 12.9 Å². The van der Waals surface area contributed by atoms with E-state index in [2.05, 4.69) is 15.6 Å². The molecule has 1 aliphatic carbocycles. The second kappa shape index (κ2) is 3.81. The maximum Gasteiger partial charge on any atom is 0.273 e. The van der Waals surface area contributed by atoms with Gasteiger partial charge in [-0.25, -0.2) is 0 Å². The molecular weight excluding hydrogens is 216 g/mol. The minimum absolute atomic E-state index is 0.191. The minimum atomic E-state index is -0.212. The van der Waals surface area contributed by atoms with Crippen molar-refractivity contribution in [2.24, 2.45) is 7.05 Å². The van der Waals surface area contributed by atoms with E-state index in [1.807, 2.05) is 0 Å². The third-order valence-electron chi connectivity index (χ3n) is 2.78. The van der Waals surface area contributed by atoms with Gasteiger partial charge in [-0.05, 0) is 19.3 Å². The standard InChI is InChI=1S/C9H13ClN4O/c1-14-5-7(12-13-14)8(15)11-9(6-10)3-2-4-9/h5H,2-4,6H2,1H3,(H,11,15). The van der Waals surface area contributed by atoms with Crippen molar-refractivity contribution in [2.75, 3.05) is 5.88 Å². The number of carbonyl (C=O) groups excluding carboxylic acids is 1. The first kappa shape index (κ1) is 10.4. The second-order valence-electron chi connectivity index (χ2n) is 4.00. The van der Waals surface area contributed by atoms with E-state index in [-0.39, 0.29) is 11.4 Å². The topological polar surface area (TPSA) is 59.8 Å². The molecule has 0 bridgehead atoms. The Morgan fingerprint density at radius 2 is 2.47 bits per heavy atom. The molecule has 0 atom stereocenters. The van der Waals surface area contributed by atoms with Gasteiger partial charge in [-0.2, -0.15) is 0 Å². The third kappa shape index (κ3) is 1.97. The Kier molecular flexibility index (Phi) is 2.65. The zero-order valence-corrected chi connectivity index (χ0v) is 9.29. The number of aryl methyl sites for hydroxylation is 1. The summed E-state index contributed by atoms with van der Waals surface area (Å²) < 4.78 is 1.50. The third-order valence-corrected chi connectivity index (χ3v) is 3.29. The van der Waals surface area contributed by atoms with Crippen LogP contribution in [-0.2, 0) is 7.05 Å². The zero-order valence-electron chi connectivity index (χ0n) is 8.53. The van der Waals surface area contributed by atoms with Crippen LogP contribution in [0.3, 0.4) is 0 Å². The Bertz CT molecular complexity index is 366. The summed E-state index contributed by atoms with van der Waals surface area (Å²) in [6, 6.07) is 0. The summed E-state index contributed by atoms with van der Waals surface area (Å²) >= 11 is 5.84. The van der Waals surface area contributed by atoms with Crippen molar-refractivity contribution < 1.29 is 4.79 Å². The monoisotopic (exact) mass is 228 g/mol. The molecule has 0 unspecified atom stereocenters. The lowest BCUT2D eigenvalue weighted by Gasteiger charge is -2.40. The highest BCUT2D eigenvalue weighted by molar-refractivity contribution is 6.19. The fourth-order valence-electron chi connectivity index (χ4n) is 1.65. The molecule has 5 nitrogen and oxygen atoms in total. The summed E-state index contributed by atoms with van der Waals surface area (Å²) in [4.78, 5) is 11.7. The van der Waals surface area contributed by atoms with Crippen LogP contribution in [0.25, 0.3) is 0 Å². The van der Waals surface area contributed by atoms with E-state index >= 15 is 0 Å². The molecule has 0 saturated heterocycles. The van der Waals surface area contributed by atoms with E-state index in [1.54, 1.807) is 13.2 Å². The molecule has 0 radical (unpaired) electrons. The van der Waals surface area contributed by atoms with Gasteiger partial charge in [0.15, 0.2) is 5.69 Å². The fourth-order valence-corrected chi connectivity index (χ4v) is 1.99. The van der Waals surface area contributed by atoms with Crippen molar-refractivity contribution in [1.29, 1.82) is 0 Å². The molecule has 1 heterocycles. The molecule has 82 valence electrons. The number of hydrogen-bond donors (Lipinski definition) is 1. The number of carbonyl (C=O) groups is 1. The van der Waals surface area contributed by atoms with Crippen LogP contribution in [0.2, 0.25) is 0 Å². The smallest absolute Gasteiger partial charge is 0.273 e. The number of halogens is 1. The van der Waals surface area contributed by atoms with Gasteiger partial charge in [0.2, 0.25) is 0 Å². The number of amides is 1. The Labute approximate surface area is 92.8 Å². The molecule has 1 N–H and O–H groups in total. The molecule has 1 aliphatic rings. The molecule has 6 heteroatoms.